The van der Waals surface area contributed by atoms with Crippen molar-refractivity contribution in [2.24, 2.45) is 5.73 Å². The van der Waals surface area contributed by atoms with Crippen LogP contribution in [0.2, 0.25) is 0 Å². The van der Waals surface area contributed by atoms with Gasteiger partial charge in [0.1, 0.15) is 0 Å². The van der Waals surface area contributed by atoms with E-state index < -0.39 is 0 Å². The molecule has 1 amide bonds. The second kappa shape index (κ2) is 2.09. The van der Waals surface area contributed by atoms with Gasteiger partial charge in [-0.2, -0.15) is 0 Å². The standard InChI is InChI=1S/C6H10N2O/c1-5(7)6(9)8-3-2-4-8/h1-4,7H2. The molecule has 1 aliphatic heterocycles. The van der Waals surface area contributed by atoms with E-state index in [0.29, 0.717) is 0 Å². The first-order valence-corrected chi connectivity index (χ1v) is 2.95. The molecule has 0 bridgehead atoms. The van der Waals surface area contributed by atoms with Crippen molar-refractivity contribution >= 4 is 5.91 Å². The van der Waals surface area contributed by atoms with E-state index in [-0.39, 0.29) is 11.6 Å². The summed E-state index contributed by atoms with van der Waals surface area (Å²) in [6, 6.07) is 0. The quantitative estimate of drug-likeness (QED) is 0.490. The first-order chi connectivity index (χ1) is 4.22. The highest BCUT2D eigenvalue weighted by Gasteiger charge is 2.20. The van der Waals surface area contributed by atoms with E-state index in [2.05, 4.69) is 6.58 Å². The molecule has 0 saturated carbocycles. The van der Waals surface area contributed by atoms with Crippen molar-refractivity contribution in [1.82, 2.24) is 4.90 Å². The van der Waals surface area contributed by atoms with Crippen LogP contribution in [0.15, 0.2) is 12.3 Å². The van der Waals surface area contributed by atoms with Crippen LogP contribution in [0.3, 0.4) is 0 Å². The molecule has 1 fully saturated rings. The summed E-state index contributed by atoms with van der Waals surface area (Å²) in [6.45, 7) is 5.03. The fourth-order valence-electron chi connectivity index (χ4n) is 0.722. The molecule has 0 aliphatic carbocycles. The summed E-state index contributed by atoms with van der Waals surface area (Å²) in [5.41, 5.74) is 5.31. The van der Waals surface area contributed by atoms with Crippen LogP contribution < -0.4 is 5.73 Å². The van der Waals surface area contributed by atoms with Crippen molar-refractivity contribution < 1.29 is 4.79 Å². The molecule has 1 heterocycles. The topological polar surface area (TPSA) is 46.3 Å². The van der Waals surface area contributed by atoms with Gasteiger partial charge >= 0.3 is 0 Å². The number of amides is 1. The molecule has 3 heteroatoms. The monoisotopic (exact) mass is 126 g/mol. The number of hydrogen-bond donors (Lipinski definition) is 1. The molecule has 0 radical (unpaired) electrons. The molecule has 0 spiro atoms. The van der Waals surface area contributed by atoms with Crippen LogP contribution in [0, 0.1) is 0 Å². The van der Waals surface area contributed by atoms with Crippen molar-refractivity contribution in [2.45, 2.75) is 6.42 Å². The third kappa shape index (κ3) is 1.04. The molecule has 0 aromatic carbocycles. The van der Waals surface area contributed by atoms with Gasteiger partial charge in [0.05, 0.1) is 5.70 Å². The minimum Gasteiger partial charge on any atom is -0.395 e. The zero-order valence-corrected chi connectivity index (χ0v) is 5.26. The Balaban J connectivity index is 2.42. The first-order valence-electron chi connectivity index (χ1n) is 2.95. The summed E-state index contributed by atoms with van der Waals surface area (Å²) >= 11 is 0. The van der Waals surface area contributed by atoms with Gasteiger partial charge in [-0.15, -0.1) is 0 Å². The Morgan fingerprint density at radius 2 is 2.11 bits per heavy atom. The van der Waals surface area contributed by atoms with Crippen LogP contribution in [-0.4, -0.2) is 23.9 Å². The summed E-state index contributed by atoms with van der Waals surface area (Å²) in [5.74, 6) is -0.110. The average Bonchev–Trinajstić information content (AvgIpc) is 1.60. The number of rotatable bonds is 1. The van der Waals surface area contributed by atoms with Gasteiger partial charge in [0.25, 0.3) is 5.91 Å². The average molecular weight is 126 g/mol. The second-order valence-corrected chi connectivity index (χ2v) is 2.17. The fraction of sp³-hybridized carbons (Fsp3) is 0.500. The number of nitrogens with zero attached hydrogens (tertiary/aromatic N) is 1. The van der Waals surface area contributed by atoms with Gasteiger partial charge in [-0.3, -0.25) is 4.79 Å². The second-order valence-electron chi connectivity index (χ2n) is 2.17. The maximum absolute atomic E-state index is 10.8. The Bertz CT molecular complexity index is 149. The van der Waals surface area contributed by atoms with Crippen molar-refractivity contribution in [2.75, 3.05) is 13.1 Å². The molecule has 9 heavy (non-hydrogen) atoms. The number of hydrogen-bond acceptors (Lipinski definition) is 2. The van der Waals surface area contributed by atoms with Gasteiger partial charge in [-0.05, 0) is 6.42 Å². The number of carbonyl (C=O) groups is 1. The lowest BCUT2D eigenvalue weighted by Gasteiger charge is -2.30. The van der Waals surface area contributed by atoms with E-state index in [0.717, 1.165) is 19.5 Å². The van der Waals surface area contributed by atoms with Crippen LogP contribution in [-0.2, 0) is 4.79 Å². The molecule has 0 aromatic rings. The van der Waals surface area contributed by atoms with Crippen molar-refractivity contribution in [3.63, 3.8) is 0 Å². The van der Waals surface area contributed by atoms with Gasteiger partial charge in [0.15, 0.2) is 0 Å². The van der Waals surface area contributed by atoms with E-state index in [4.69, 9.17) is 5.73 Å². The van der Waals surface area contributed by atoms with Crippen LogP contribution >= 0.6 is 0 Å². The lowest BCUT2D eigenvalue weighted by Crippen LogP contribution is -2.43. The summed E-state index contributed by atoms with van der Waals surface area (Å²) in [5, 5.41) is 0. The summed E-state index contributed by atoms with van der Waals surface area (Å²) in [7, 11) is 0. The van der Waals surface area contributed by atoms with E-state index in [1.807, 2.05) is 0 Å². The highest BCUT2D eigenvalue weighted by molar-refractivity contribution is 5.92. The molecule has 1 aliphatic rings. The smallest absolute Gasteiger partial charge is 0.269 e. The van der Waals surface area contributed by atoms with E-state index in [1.165, 1.54) is 0 Å². The Labute approximate surface area is 54.1 Å². The normalized spacial score (nSPS) is 16.7. The Hall–Kier alpha value is -0.990. The van der Waals surface area contributed by atoms with Crippen LogP contribution in [0.5, 0.6) is 0 Å². The lowest BCUT2D eigenvalue weighted by atomic mass is 10.2. The minimum absolute atomic E-state index is 0.110. The van der Waals surface area contributed by atoms with Crippen LogP contribution in [0.25, 0.3) is 0 Å². The van der Waals surface area contributed by atoms with Gasteiger partial charge in [-0.25, -0.2) is 0 Å². The molecule has 0 aromatic heterocycles. The van der Waals surface area contributed by atoms with Crippen LogP contribution in [0.4, 0.5) is 0 Å². The lowest BCUT2D eigenvalue weighted by molar-refractivity contribution is -0.130. The highest BCUT2D eigenvalue weighted by atomic mass is 16.2. The van der Waals surface area contributed by atoms with E-state index in [1.54, 1.807) is 4.90 Å². The van der Waals surface area contributed by atoms with E-state index in [9.17, 15) is 4.79 Å². The largest absolute Gasteiger partial charge is 0.395 e. The third-order valence-corrected chi connectivity index (χ3v) is 1.42. The van der Waals surface area contributed by atoms with Gasteiger partial charge in [-0.1, -0.05) is 6.58 Å². The zero-order valence-electron chi connectivity index (χ0n) is 5.26. The van der Waals surface area contributed by atoms with E-state index >= 15 is 0 Å². The Morgan fingerprint density at radius 1 is 1.56 bits per heavy atom. The molecule has 2 N–H and O–H groups in total. The summed E-state index contributed by atoms with van der Waals surface area (Å²) < 4.78 is 0. The van der Waals surface area contributed by atoms with Crippen molar-refractivity contribution in [1.29, 1.82) is 0 Å². The highest BCUT2D eigenvalue weighted by Crippen LogP contribution is 2.06. The predicted octanol–water partition coefficient (Wildman–Crippen LogP) is -0.309. The number of carbonyl (C=O) groups excluding carboxylic acids is 1. The van der Waals surface area contributed by atoms with Crippen LogP contribution in [0.1, 0.15) is 6.42 Å². The van der Waals surface area contributed by atoms with Gasteiger partial charge in [0.2, 0.25) is 0 Å². The summed E-state index contributed by atoms with van der Waals surface area (Å²) in [6.07, 6.45) is 1.10. The minimum atomic E-state index is -0.110. The fourth-order valence-corrected chi connectivity index (χ4v) is 0.722. The molecular formula is C6H10N2O. The molecule has 0 unspecified atom stereocenters. The van der Waals surface area contributed by atoms with Gasteiger partial charge in [0, 0.05) is 13.1 Å². The third-order valence-electron chi connectivity index (χ3n) is 1.42. The van der Waals surface area contributed by atoms with Gasteiger partial charge < -0.3 is 10.6 Å². The number of nitrogens with two attached hydrogens (primary N) is 1. The first kappa shape index (κ1) is 6.13. The summed E-state index contributed by atoms with van der Waals surface area (Å²) in [4.78, 5) is 12.5. The molecule has 3 nitrogen and oxygen atoms in total. The number of likely N-dealkylation sites (tertiary alicyclic amines) is 1. The SMILES string of the molecule is C=C(N)C(=O)N1CCC1. The Kier molecular flexibility index (Phi) is 1.42. The van der Waals surface area contributed by atoms with Crippen molar-refractivity contribution in [3.05, 3.63) is 12.3 Å². The maximum Gasteiger partial charge on any atom is 0.269 e. The molecule has 0 atom stereocenters. The molecule has 1 saturated heterocycles. The molecule has 1 rings (SSSR count). The zero-order chi connectivity index (χ0) is 6.85. The maximum atomic E-state index is 10.8. The molecular weight excluding hydrogens is 116 g/mol. The predicted molar refractivity (Wildman–Crippen MR) is 34.5 cm³/mol. The van der Waals surface area contributed by atoms with Crippen molar-refractivity contribution in [3.8, 4) is 0 Å². The Morgan fingerprint density at radius 3 is 2.22 bits per heavy atom. The molecule has 50 valence electrons.